The summed E-state index contributed by atoms with van der Waals surface area (Å²) in [6.45, 7) is 11.4. The van der Waals surface area contributed by atoms with Crippen LogP contribution in [0.25, 0.3) is 11.8 Å². The fraction of sp³-hybridized carbons (Fsp3) is 0.233. The van der Waals surface area contributed by atoms with Crippen molar-refractivity contribution in [3.05, 3.63) is 110 Å². The van der Waals surface area contributed by atoms with E-state index in [9.17, 15) is 18.8 Å². The maximum Gasteiger partial charge on any atom is 0.247 e. The van der Waals surface area contributed by atoms with Gasteiger partial charge in [0.25, 0.3) is 0 Å². The molecule has 0 fully saturated rings. The van der Waals surface area contributed by atoms with Gasteiger partial charge in [-0.3, -0.25) is 14.4 Å². The minimum Gasteiger partial charge on any atom is -0.353 e. The molecule has 0 saturated heterocycles. The van der Waals surface area contributed by atoms with Gasteiger partial charge < -0.3 is 15.2 Å². The van der Waals surface area contributed by atoms with Crippen molar-refractivity contribution in [1.82, 2.24) is 9.88 Å². The summed E-state index contributed by atoms with van der Waals surface area (Å²) in [6, 6.07) is 8.60. The molecule has 3 aromatic rings. The molecular formula is C30H30FN3O3. The number of nitrogens with zero attached hydrogens (tertiary/aromatic N) is 1. The Morgan fingerprint density at radius 3 is 2.46 bits per heavy atom. The van der Waals surface area contributed by atoms with Gasteiger partial charge in [-0.25, -0.2) is 4.39 Å². The highest BCUT2D eigenvalue weighted by molar-refractivity contribution is 6.00. The molecule has 1 aliphatic carbocycles. The van der Waals surface area contributed by atoms with Crippen LogP contribution in [0.5, 0.6) is 0 Å². The largest absolute Gasteiger partial charge is 0.353 e. The molecule has 1 aromatic heterocycles. The van der Waals surface area contributed by atoms with Crippen molar-refractivity contribution >= 4 is 23.6 Å². The molecule has 0 unspecified atom stereocenters. The van der Waals surface area contributed by atoms with Crippen molar-refractivity contribution in [2.75, 3.05) is 11.9 Å². The van der Waals surface area contributed by atoms with E-state index in [0.717, 1.165) is 27.9 Å². The summed E-state index contributed by atoms with van der Waals surface area (Å²) in [6.07, 6.45) is 5.48. The van der Waals surface area contributed by atoms with Crippen molar-refractivity contribution in [2.45, 2.75) is 40.5 Å². The van der Waals surface area contributed by atoms with Crippen molar-refractivity contribution in [3.8, 4) is 5.69 Å². The molecule has 0 radical (unpaired) electrons. The van der Waals surface area contributed by atoms with E-state index in [4.69, 9.17) is 0 Å². The number of pyridine rings is 1. The summed E-state index contributed by atoms with van der Waals surface area (Å²) in [4.78, 5) is 37.7. The first-order valence-corrected chi connectivity index (χ1v) is 12.2. The monoisotopic (exact) mass is 499 g/mol. The second-order valence-electron chi connectivity index (χ2n) is 9.31. The van der Waals surface area contributed by atoms with Gasteiger partial charge in [0, 0.05) is 48.0 Å². The van der Waals surface area contributed by atoms with E-state index < -0.39 is 0 Å². The molecule has 4 rings (SSSR count). The molecule has 0 spiro atoms. The number of carbonyl (C=O) groups excluding carboxylic acids is 2. The summed E-state index contributed by atoms with van der Waals surface area (Å²) in [5.41, 5.74) is 7.08. The van der Waals surface area contributed by atoms with Crippen LogP contribution in [0.3, 0.4) is 0 Å². The molecule has 0 saturated carbocycles. The summed E-state index contributed by atoms with van der Waals surface area (Å²) < 4.78 is 15.9. The first-order valence-electron chi connectivity index (χ1n) is 12.2. The summed E-state index contributed by atoms with van der Waals surface area (Å²) >= 11 is 0. The number of amides is 2. The van der Waals surface area contributed by atoms with Crippen LogP contribution in [0, 0.1) is 26.6 Å². The number of hydrogen-bond donors (Lipinski definition) is 2. The molecule has 6 nitrogen and oxygen atoms in total. The van der Waals surface area contributed by atoms with Crippen molar-refractivity contribution in [1.29, 1.82) is 0 Å². The van der Waals surface area contributed by atoms with E-state index in [1.807, 2.05) is 37.5 Å². The first kappa shape index (κ1) is 25.8. The fourth-order valence-electron chi connectivity index (χ4n) is 4.79. The molecule has 190 valence electrons. The Balaban J connectivity index is 1.93. The van der Waals surface area contributed by atoms with Crippen molar-refractivity contribution < 1.29 is 14.0 Å². The number of fused-ring (bicyclic) bond motifs is 1. The van der Waals surface area contributed by atoms with E-state index >= 15 is 0 Å². The highest BCUT2D eigenvalue weighted by Crippen LogP contribution is 2.31. The molecule has 1 heterocycles. The molecule has 2 aromatic carbocycles. The van der Waals surface area contributed by atoms with E-state index in [1.54, 1.807) is 25.3 Å². The second kappa shape index (κ2) is 10.4. The van der Waals surface area contributed by atoms with Gasteiger partial charge >= 0.3 is 0 Å². The zero-order chi connectivity index (χ0) is 26.9. The Kier molecular flexibility index (Phi) is 7.25. The zero-order valence-corrected chi connectivity index (χ0v) is 21.5. The number of rotatable bonds is 7. The van der Waals surface area contributed by atoms with Gasteiger partial charge in [0.2, 0.25) is 11.8 Å². The SMILES string of the molecule is C=CC(=O)Nc1ccc(Cc2c(C)cc(F)cc2C)c(-n2cc(C)c(=O)c3c2C=C(C(=O)NCC)C3)c1. The third-order valence-corrected chi connectivity index (χ3v) is 6.66. The van der Waals surface area contributed by atoms with Gasteiger partial charge in [-0.1, -0.05) is 12.6 Å². The highest BCUT2D eigenvalue weighted by Gasteiger charge is 2.25. The van der Waals surface area contributed by atoms with Crippen LogP contribution in [0.2, 0.25) is 0 Å². The van der Waals surface area contributed by atoms with Crippen LogP contribution in [0.4, 0.5) is 10.1 Å². The number of carbonyl (C=O) groups is 2. The molecule has 37 heavy (non-hydrogen) atoms. The Morgan fingerprint density at radius 1 is 1.11 bits per heavy atom. The lowest BCUT2D eigenvalue weighted by Crippen LogP contribution is -2.25. The van der Waals surface area contributed by atoms with E-state index in [2.05, 4.69) is 17.2 Å². The number of nitrogens with one attached hydrogen (secondary N) is 2. The molecular weight excluding hydrogens is 469 g/mol. The Labute approximate surface area is 215 Å². The topological polar surface area (TPSA) is 80.2 Å². The second-order valence-corrected chi connectivity index (χ2v) is 9.31. The molecule has 0 aliphatic heterocycles. The summed E-state index contributed by atoms with van der Waals surface area (Å²) in [5, 5.41) is 5.61. The predicted octanol–water partition coefficient (Wildman–Crippen LogP) is 4.69. The van der Waals surface area contributed by atoms with E-state index in [-0.39, 0.29) is 29.5 Å². The number of halogens is 1. The Hall–Kier alpha value is -4.26. The number of hydrogen-bond acceptors (Lipinski definition) is 3. The van der Waals surface area contributed by atoms with Crippen LogP contribution in [-0.4, -0.2) is 22.9 Å². The van der Waals surface area contributed by atoms with Gasteiger partial charge in [0.15, 0.2) is 5.43 Å². The van der Waals surface area contributed by atoms with Gasteiger partial charge in [0.05, 0.1) is 11.4 Å². The normalized spacial score (nSPS) is 12.1. The van der Waals surface area contributed by atoms with E-state index in [0.29, 0.717) is 41.0 Å². The van der Waals surface area contributed by atoms with Crippen LogP contribution < -0.4 is 16.1 Å². The van der Waals surface area contributed by atoms with Crippen LogP contribution in [0.1, 0.15) is 46.0 Å². The zero-order valence-electron chi connectivity index (χ0n) is 21.5. The fourth-order valence-corrected chi connectivity index (χ4v) is 4.79. The smallest absolute Gasteiger partial charge is 0.247 e. The average Bonchev–Trinajstić information content (AvgIpc) is 3.30. The first-order chi connectivity index (χ1) is 17.6. The third kappa shape index (κ3) is 5.16. The number of likely N-dealkylation sites (N-methyl/N-ethyl adjacent to an activating group) is 1. The van der Waals surface area contributed by atoms with Crippen LogP contribution in [-0.2, 0) is 22.4 Å². The number of aromatic nitrogens is 1. The lowest BCUT2D eigenvalue weighted by Gasteiger charge is -2.20. The third-order valence-electron chi connectivity index (χ3n) is 6.66. The predicted molar refractivity (Wildman–Crippen MR) is 145 cm³/mol. The van der Waals surface area contributed by atoms with E-state index in [1.165, 1.54) is 18.2 Å². The molecule has 7 heteroatoms. The van der Waals surface area contributed by atoms with Crippen molar-refractivity contribution in [3.63, 3.8) is 0 Å². The van der Waals surface area contributed by atoms with Gasteiger partial charge in [0.1, 0.15) is 5.82 Å². The quantitative estimate of drug-likeness (QED) is 0.463. The van der Waals surface area contributed by atoms with Gasteiger partial charge in [-0.05, 0) is 86.4 Å². The standard InChI is InChI=1S/C30H30FN3O3/c1-6-28(35)33-23-9-8-20(12-24-17(3)10-22(31)11-18(24)4)26(15-23)34-16-19(5)29(36)25-13-21(14-27(25)34)30(37)32-7-2/h6,8-11,14-16H,1,7,12-13H2,2-5H3,(H,32,37)(H,33,35). The van der Waals surface area contributed by atoms with Gasteiger partial charge in [-0.2, -0.15) is 0 Å². The Morgan fingerprint density at radius 2 is 1.81 bits per heavy atom. The average molecular weight is 500 g/mol. The minimum atomic E-state index is -0.344. The highest BCUT2D eigenvalue weighted by atomic mass is 19.1. The number of aryl methyl sites for hydroxylation is 3. The van der Waals surface area contributed by atoms with Crippen LogP contribution in [0.15, 0.2) is 59.6 Å². The summed E-state index contributed by atoms with van der Waals surface area (Å²) in [7, 11) is 0. The molecule has 0 bridgehead atoms. The van der Waals surface area contributed by atoms with Crippen LogP contribution >= 0.6 is 0 Å². The lowest BCUT2D eigenvalue weighted by molar-refractivity contribution is -0.117. The number of benzene rings is 2. The molecule has 2 N–H and O–H groups in total. The number of anilines is 1. The van der Waals surface area contributed by atoms with Gasteiger partial charge in [-0.15, -0.1) is 0 Å². The van der Waals surface area contributed by atoms with Crippen molar-refractivity contribution in [2.24, 2.45) is 0 Å². The Bertz CT molecular complexity index is 1510. The maximum atomic E-state index is 14.0. The summed E-state index contributed by atoms with van der Waals surface area (Å²) in [5.74, 6) is -0.825. The molecule has 2 amide bonds. The minimum absolute atomic E-state index is 0.0929. The molecule has 1 aliphatic rings. The molecule has 0 atom stereocenters. The maximum absolute atomic E-state index is 14.0. The lowest BCUT2D eigenvalue weighted by atomic mass is 9.94.